The van der Waals surface area contributed by atoms with Gasteiger partial charge in [-0.05, 0) is 43.2 Å². The Morgan fingerprint density at radius 3 is 2.12 bits per heavy atom. The van der Waals surface area contributed by atoms with Crippen LogP contribution in [0.15, 0.2) is 23.1 Å². The highest BCUT2D eigenvalue weighted by molar-refractivity contribution is 7.89. The van der Waals surface area contributed by atoms with E-state index in [1.807, 2.05) is 13.8 Å². The topological polar surface area (TPSA) is 55.8 Å². The van der Waals surface area contributed by atoms with Crippen molar-refractivity contribution in [2.45, 2.75) is 51.9 Å². The summed E-state index contributed by atoms with van der Waals surface area (Å²) in [5, 5.41) is 0. The van der Waals surface area contributed by atoms with E-state index in [0.29, 0.717) is 49.6 Å². The molecule has 6 heteroatoms. The predicted molar refractivity (Wildman–Crippen MR) is 99.7 cm³/mol. The van der Waals surface area contributed by atoms with Gasteiger partial charge in [0.1, 0.15) is 0 Å². The molecule has 0 bridgehead atoms. The minimum Gasteiger partial charge on any atom is -0.490 e. The summed E-state index contributed by atoms with van der Waals surface area (Å²) >= 11 is 0. The Morgan fingerprint density at radius 2 is 1.56 bits per heavy atom. The summed E-state index contributed by atoms with van der Waals surface area (Å²) < 4.78 is 39.2. The second kappa shape index (κ2) is 8.90. The zero-order valence-corrected chi connectivity index (χ0v) is 16.6. The lowest BCUT2D eigenvalue weighted by atomic mass is 9.94. The molecule has 0 unspecified atom stereocenters. The highest BCUT2D eigenvalue weighted by Gasteiger charge is 2.32. The molecule has 142 valence electrons. The number of rotatable bonds is 8. The number of nitrogens with zero attached hydrogens (tertiary/aromatic N) is 1. The van der Waals surface area contributed by atoms with Gasteiger partial charge >= 0.3 is 0 Å². The van der Waals surface area contributed by atoms with Crippen LogP contribution in [0, 0.1) is 11.8 Å². The summed E-state index contributed by atoms with van der Waals surface area (Å²) in [6.45, 7) is 10.5. The molecule has 0 amide bonds. The normalized spacial score (nSPS) is 21.9. The molecule has 1 fully saturated rings. The zero-order chi connectivity index (χ0) is 18.4. The van der Waals surface area contributed by atoms with Crippen molar-refractivity contribution in [2.75, 3.05) is 26.3 Å². The molecule has 1 aromatic rings. The molecule has 25 heavy (non-hydrogen) atoms. The van der Waals surface area contributed by atoms with Crippen molar-refractivity contribution in [3.63, 3.8) is 0 Å². The first-order valence-electron chi connectivity index (χ1n) is 9.28. The molecule has 2 atom stereocenters. The van der Waals surface area contributed by atoms with Crippen LogP contribution in [0.4, 0.5) is 0 Å². The molecule has 2 rings (SSSR count). The second-order valence-corrected chi connectivity index (χ2v) is 9.01. The van der Waals surface area contributed by atoms with Gasteiger partial charge in [0.2, 0.25) is 10.0 Å². The smallest absolute Gasteiger partial charge is 0.243 e. The van der Waals surface area contributed by atoms with Gasteiger partial charge in [-0.25, -0.2) is 8.42 Å². The predicted octanol–water partition coefficient (Wildman–Crippen LogP) is 3.93. The number of piperidine rings is 1. The van der Waals surface area contributed by atoms with Gasteiger partial charge in [-0.1, -0.05) is 27.7 Å². The summed E-state index contributed by atoms with van der Waals surface area (Å²) in [7, 11) is -3.51. The van der Waals surface area contributed by atoms with Crippen LogP contribution in [-0.2, 0) is 10.0 Å². The minimum absolute atomic E-state index is 0.281. The summed E-state index contributed by atoms with van der Waals surface area (Å²) in [6, 6.07) is 4.95. The largest absolute Gasteiger partial charge is 0.490 e. The van der Waals surface area contributed by atoms with Crippen molar-refractivity contribution in [3.05, 3.63) is 18.2 Å². The molecule has 0 N–H and O–H groups in total. The minimum atomic E-state index is -3.51. The van der Waals surface area contributed by atoms with E-state index in [2.05, 4.69) is 13.8 Å². The lowest BCUT2D eigenvalue weighted by Gasteiger charge is -2.34. The van der Waals surface area contributed by atoms with Gasteiger partial charge in [-0.3, -0.25) is 0 Å². The van der Waals surface area contributed by atoms with Gasteiger partial charge in [-0.2, -0.15) is 4.31 Å². The van der Waals surface area contributed by atoms with Crippen LogP contribution >= 0.6 is 0 Å². The maximum Gasteiger partial charge on any atom is 0.243 e. The van der Waals surface area contributed by atoms with Crippen LogP contribution < -0.4 is 9.47 Å². The Labute approximate surface area is 152 Å². The molecule has 0 aromatic heterocycles. The fourth-order valence-electron chi connectivity index (χ4n) is 3.26. The zero-order valence-electron chi connectivity index (χ0n) is 15.8. The second-order valence-electron chi connectivity index (χ2n) is 7.07. The highest BCUT2D eigenvalue weighted by atomic mass is 32.2. The quantitative estimate of drug-likeness (QED) is 0.697. The van der Waals surface area contributed by atoms with E-state index in [0.717, 1.165) is 19.3 Å². The average Bonchev–Trinajstić information content (AvgIpc) is 2.57. The SMILES string of the molecule is CCCOc1ccc(S(=O)(=O)N2C[C@H](C)C[C@@H](C)C2)cc1OCCC. The molecule has 1 aromatic carbocycles. The molecule has 1 aliphatic heterocycles. The molecular weight excluding hydrogens is 338 g/mol. The van der Waals surface area contributed by atoms with E-state index >= 15 is 0 Å². The van der Waals surface area contributed by atoms with Crippen molar-refractivity contribution in [1.29, 1.82) is 0 Å². The van der Waals surface area contributed by atoms with E-state index < -0.39 is 10.0 Å². The van der Waals surface area contributed by atoms with Crippen molar-refractivity contribution in [2.24, 2.45) is 11.8 Å². The number of sulfonamides is 1. The van der Waals surface area contributed by atoms with Gasteiger partial charge < -0.3 is 9.47 Å². The number of hydrogen-bond acceptors (Lipinski definition) is 4. The number of ether oxygens (including phenoxy) is 2. The molecule has 0 spiro atoms. The molecule has 1 saturated heterocycles. The van der Waals surface area contributed by atoms with Crippen LogP contribution in [0.25, 0.3) is 0 Å². The molecule has 5 nitrogen and oxygen atoms in total. The van der Waals surface area contributed by atoms with Gasteiger partial charge in [0.25, 0.3) is 0 Å². The third kappa shape index (κ3) is 5.11. The Bertz CT molecular complexity index is 649. The summed E-state index contributed by atoms with van der Waals surface area (Å²) in [6.07, 6.45) is 2.81. The van der Waals surface area contributed by atoms with E-state index in [-0.39, 0.29) is 4.90 Å². The van der Waals surface area contributed by atoms with Crippen LogP contribution in [0.5, 0.6) is 11.5 Å². The molecule has 0 aliphatic carbocycles. The van der Waals surface area contributed by atoms with Gasteiger partial charge in [-0.15, -0.1) is 0 Å². The van der Waals surface area contributed by atoms with E-state index in [9.17, 15) is 8.42 Å². The van der Waals surface area contributed by atoms with Crippen LogP contribution in [0.3, 0.4) is 0 Å². The first-order valence-corrected chi connectivity index (χ1v) is 10.7. The lowest BCUT2D eigenvalue weighted by Crippen LogP contribution is -2.42. The van der Waals surface area contributed by atoms with E-state index in [4.69, 9.17) is 9.47 Å². The summed E-state index contributed by atoms with van der Waals surface area (Å²) in [4.78, 5) is 0.281. The third-order valence-electron chi connectivity index (χ3n) is 4.31. The highest BCUT2D eigenvalue weighted by Crippen LogP contribution is 2.33. The standard InChI is InChI=1S/C19H31NO4S/c1-5-9-23-18-8-7-17(12-19(18)24-10-6-2)25(21,22)20-13-15(3)11-16(4)14-20/h7-8,12,15-16H,5-6,9-11,13-14H2,1-4H3/t15-,16-/m1/s1. The monoisotopic (exact) mass is 369 g/mol. The average molecular weight is 370 g/mol. The maximum atomic E-state index is 13.1. The summed E-state index contributed by atoms with van der Waals surface area (Å²) in [5.74, 6) is 1.87. The van der Waals surface area contributed by atoms with Crippen molar-refractivity contribution >= 4 is 10.0 Å². The first kappa shape index (κ1) is 20.0. The molecule has 0 saturated carbocycles. The molecule has 1 aliphatic rings. The van der Waals surface area contributed by atoms with E-state index in [1.165, 1.54) is 0 Å². The van der Waals surface area contributed by atoms with Crippen LogP contribution in [-0.4, -0.2) is 39.0 Å². The van der Waals surface area contributed by atoms with Gasteiger partial charge in [0.05, 0.1) is 18.1 Å². The van der Waals surface area contributed by atoms with Gasteiger partial charge in [0.15, 0.2) is 11.5 Å². The molecule has 0 radical (unpaired) electrons. The van der Waals surface area contributed by atoms with Crippen LogP contribution in [0.1, 0.15) is 47.0 Å². The Balaban J connectivity index is 2.30. The molecular formula is C19H31NO4S. The Morgan fingerprint density at radius 1 is 1.00 bits per heavy atom. The van der Waals surface area contributed by atoms with Crippen molar-refractivity contribution in [1.82, 2.24) is 4.31 Å². The molecule has 1 heterocycles. The van der Waals surface area contributed by atoms with Crippen molar-refractivity contribution < 1.29 is 17.9 Å². The number of hydrogen-bond donors (Lipinski definition) is 0. The maximum absolute atomic E-state index is 13.1. The third-order valence-corrected chi connectivity index (χ3v) is 6.14. The number of benzene rings is 1. The van der Waals surface area contributed by atoms with Gasteiger partial charge in [0, 0.05) is 19.2 Å². The van der Waals surface area contributed by atoms with Crippen molar-refractivity contribution in [3.8, 4) is 11.5 Å². The Hall–Kier alpha value is -1.27. The lowest BCUT2D eigenvalue weighted by molar-refractivity contribution is 0.222. The first-order chi connectivity index (χ1) is 11.9. The fourth-order valence-corrected chi connectivity index (χ4v) is 4.95. The van der Waals surface area contributed by atoms with Crippen LogP contribution in [0.2, 0.25) is 0 Å². The van der Waals surface area contributed by atoms with E-state index in [1.54, 1.807) is 22.5 Å². The Kier molecular flexibility index (Phi) is 7.14. The summed E-state index contributed by atoms with van der Waals surface area (Å²) in [5.41, 5.74) is 0. The fraction of sp³-hybridized carbons (Fsp3) is 0.684.